The van der Waals surface area contributed by atoms with Gasteiger partial charge in [-0.3, -0.25) is 4.57 Å². The molecule has 1 aliphatic heterocycles. The van der Waals surface area contributed by atoms with Crippen LogP contribution in [0.5, 0.6) is 0 Å². The summed E-state index contributed by atoms with van der Waals surface area (Å²) in [6.45, 7) is 8.11. The second-order valence-corrected chi connectivity index (χ2v) is 5.16. The lowest BCUT2D eigenvalue weighted by Gasteiger charge is -2.31. The van der Waals surface area contributed by atoms with E-state index in [9.17, 15) is 4.79 Å². The van der Waals surface area contributed by atoms with Crippen molar-refractivity contribution in [2.24, 2.45) is 7.05 Å². The van der Waals surface area contributed by atoms with Crippen molar-refractivity contribution < 1.29 is 4.42 Å². The van der Waals surface area contributed by atoms with Crippen molar-refractivity contribution in [3.8, 4) is 0 Å². The van der Waals surface area contributed by atoms with Gasteiger partial charge in [0.15, 0.2) is 5.58 Å². The molecule has 19 heavy (non-hydrogen) atoms. The molecule has 1 N–H and O–H groups in total. The van der Waals surface area contributed by atoms with E-state index in [2.05, 4.69) is 23.2 Å². The number of aryl methyl sites for hydroxylation is 2. The van der Waals surface area contributed by atoms with Crippen molar-refractivity contribution in [3.63, 3.8) is 0 Å². The van der Waals surface area contributed by atoms with Crippen LogP contribution in [0.2, 0.25) is 0 Å². The number of oxazole rings is 1. The number of anilines is 1. The van der Waals surface area contributed by atoms with Crippen LogP contribution in [0.3, 0.4) is 0 Å². The van der Waals surface area contributed by atoms with Crippen molar-refractivity contribution >= 4 is 16.8 Å². The molecule has 1 aliphatic rings. The van der Waals surface area contributed by atoms with Crippen LogP contribution < -0.4 is 16.0 Å². The summed E-state index contributed by atoms with van der Waals surface area (Å²) in [5.41, 5.74) is 5.06. The number of nitrogens with zero attached hydrogens (tertiary/aromatic N) is 2. The van der Waals surface area contributed by atoms with Gasteiger partial charge >= 0.3 is 5.76 Å². The van der Waals surface area contributed by atoms with E-state index in [1.165, 1.54) is 11.3 Å². The summed E-state index contributed by atoms with van der Waals surface area (Å²) in [5, 5.41) is 3.36. The van der Waals surface area contributed by atoms with Gasteiger partial charge in [0.2, 0.25) is 0 Å². The number of aromatic nitrogens is 1. The van der Waals surface area contributed by atoms with Gasteiger partial charge < -0.3 is 14.6 Å². The van der Waals surface area contributed by atoms with E-state index < -0.39 is 0 Å². The Labute approximate surface area is 111 Å². The van der Waals surface area contributed by atoms with Gasteiger partial charge in [-0.1, -0.05) is 0 Å². The Morgan fingerprint density at radius 1 is 1.21 bits per heavy atom. The minimum Gasteiger partial charge on any atom is -0.407 e. The fourth-order valence-electron chi connectivity index (χ4n) is 2.72. The van der Waals surface area contributed by atoms with E-state index in [1.54, 1.807) is 11.6 Å². The molecule has 0 atom stereocenters. The average Bonchev–Trinajstić information content (AvgIpc) is 2.71. The summed E-state index contributed by atoms with van der Waals surface area (Å²) in [7, 11) is 1.75. The van der Waals surface area contributed by atoms with E-state index in [-0.39, 0.29) is 5.76 Å². The van der Waals surface area contributed by atoms with Crippen LogP contribution in [-0.2, 0) is 7.05 Å². The molecule has 102 valence electrons. The molecule has 5 nitrogen and oxygen atoms in total. The molecule has 2 heterocycles. The fraction of sp³-hybridized carbons (Fsp3) is 0.500. The zero-order chi connectivity index (χ0) is 13.6. The minimum absolute atomic E-state index is 0.296. The summed E-state index contributed by atoms with van der Waals surface area (Å²) in [6, 6.07) is 2.08. The Hall–Kier alpha value is -1.75. The van der Waals surface area contributed by atoms with Crippen LogP contribution in [0, 0.1) is 13.8 Å². The van der Waals surface area contributed by atoms with Gasteiger partial charge in [-0.05, 0) is 31.0 Å². The van der Waals surface area contributed by atoms with Gasteiger partial charge in [0.05, 0.1) is 5.52 Å². The number of benzene rings is 1. The molecule has 2 aromatic rings. The molecule has 1 aromatic carbocycles. The SMILES string of the molecule is Cc1c(N2CCNCC2)cc2c(oc(=O)n2C)c1C. The van der Waals surface area contributed by atoms with Crippen molar-refractivity contribution in [2.45, 2.75) is 13.8 Å². The number of piperazine rings is 1. The number of hydrogen-bond donors (Lipinski definition) is 1. The highest BCUT2D eigenvalue weighted by atomic mass is 16.4. The molecule has 0 radical (unpaired) electrons. The Balaban J connectivity index is 2.21. The summed E-state index contributed by atoms with van der Waals surface area (Å²) in [6.07, 6.45) is 0. The lowest BCUT2D eigenvalue weighted by molar-refractivity contribution is 0.526. The molecule has 1 aromatic heterocycles. The monoisotopic (exact) mass is 261 g/mol. The third-order valence-electron chi connectivity index (χ3n) is 4.08. The summed E-state index contributed by atoms with van der Waals surface area (Å²) >= 11 is 0. The van der Waals surface area contributed by atoms with Crippen molar-refractivity contribution in [1.82, 2.24) is 9.88 Å². The molecule has 5 heteroatoms. The third-order valence-corrected chi connectivity index (χ3v) is 4.08. The number of hydrogen-bond acceptors (Lipinski definition) is 4. The predicted molar refractivity (Wildman–Crippen MR) is 76.0 cm³/mol. The second kappa shape index (κ2) is 4.42. The maximum atomic E-state index is 11.7. The standard InChI is InChI=1S/C14H19N3O2/c1-9-10(2)13-12(16(3)14(18)19-13)8-11(9)17-6-4-15-5-7-17/h8,15H,4-7H2,1-3H3. The molecule has 1 fully saturated rings. The summed E-state index contributed by atoms with van der Waals surface area (Å²) in [4.78, 5) is 14.0. The first-order valence-corrected chi connectivity index (χ1v) is 6.65. The second-order valence-electron chi connectivity index (χ2n) is 5.16. The molecule has 0 spiro atoms. The third kappa shape index (κ3) is 1.85. The van der Waals surface area contributed by atoms with Crippen molar-refractivity contribution in [1.29, 1.82) is 0 Å². The Morgan fingerprint density at radius 3 is 2.58 bits per heavy atom. The van der Waals surface area contributed by atoms with Gasteiger partial charge in [-0.25, -0.2) is 4.79 Å². The highest BCUT2D eigenvalue weighted by Gasteiger charge is 2.18. The van der Waals surface area contributed by atoms with Gasteiger partial charge in [-0.15, -0.1) is 0 Å². The molecular weight excluding hydrogens is 242 g/mol. The largest absolute Gasteiger partial charge is 0.419 e. The van der Waals surface area contributed by atoms with E-state index in [0.717, 1.165) is 37.3 Å². The van der Waals surface area contributed by atoms with Crippen LogP contribution in [-0.4, -0.2) is 30.7 Å². The highest BCUT2D eigenvalue weighted by Crippen LogP contribution is 2.30. The molecule has 0 bridgehead atoms. The molecule has 0 unspecified atom stereocenters. The van der Waals surface area contributed by atoms with Crippen LogP contribution >= 0.6 is 0 Å². The van der Waals surface area contributed by atoms with Gasteiger partial charge in [0.25, 0.3) is 0 Å². The Morgan fingerprint density at radius 2 is 1.89 bits per heavy atom. The van der Waals surface area contributed by atoms with Crippen LogP contribution in [0.15, 0.2) is 15.3 Å². The number of fused-ring (bicyclic) bond motifs is 1. The zero-order valence-corrected chi connectivity index (χ0v) is 11.6. The minimum atomic E-state index is -0.296. The van der Waals surface area contributed by atoms with Crippen molar-refractivity contribution in [2.75, 3.05) is 31.1 Å². The summed E-state index contributed by atoms with van der Waals surface area (Å²) < 4.78 is 6.91. The van der Waals surface area contributed by atoms with E-state index in [0.29, 0.717) is 5.58 Å². The Bertz CT molecular complexity index is 678. The van der Waals surface area contributed by atoms with Gasteiger partial charge in [-0.2, -0.15) is 0 Å². The quantitative estimate of drug-likeness (QED) is 0.837. The maximum Gasteiger partial charge on any atom is 0.419 e. The molecular formula is C14H19N3O2. The predicted octanol–water partition coefficient (Wildman–Crippen LogP) is 1.16. The first-order chi connectivity index (χ1) is 9.09. The Kier molecular flexibility index (Phi) is 2.86. The smallest absolute Gasteiger partial charge is 0.407 e. The lowest BCUT2D eigenvalue weighted by Crippen LogP contribution is -2.43. The fourth-order valence-corrected chi connectivity index (χ4v) is 2.72. The van der Waals surface area contributed by atoms with Crippen LogP contribution in [0.25, 0.3) is 11.1 Å². The molecule has 1 saturated heterocycles. The molecule has 0 amide bonds. The highest BCUT2D eigenvalue weighted by molar-refractivity contribution is 5.84. The number of nitrogens with one attached hydrogen (secondary N) is 1. The molecule has 0 saturated carbocycles. The van der Waals surface area contributed by atoms with E-state index >= 15 is 0 Å². The number of rotatable bonds is 1. The molecule has 3 rings (SSSR count). The normalized spacial score (nSPS) is 16.3. The average molecular weight is 261 g/mol. The van der Waals surface area contributed by atoms with E-state index in [4.69, 9.17) is 4.42 Å². The maximum absolute atomic E-state index is 11.7. The molecule has 0 aliphatic carbocycles. The van der Waals surface area contributed by atoms with Crippen LogP contribution in [0.4, 0.5) is 5.69 Å². The topological polar surface area (TPSA) is 50.4 Å². The summed E-state index contributed by atoms with van der Waals surface area (Å²) in [5.74, 6) is -0.296. The first kappa shape index (κ1) is 12.3. The first-order valence-electron chi connectivity index (χ1n) is 6.65. The van der Waals surface area contributed by atoms with Crippen molar-refractivity contribution in [3.05, 3.63) is 27.7 Å². The van der Waals surface area contributed by atoms with Gasteiger partial charge in [0, 0.05) is 38.9 Å². The van der Waals surface area contributed by atoms with E-state index in [1.807, 2.05) is 6.92 Å². The zero-order valence-electron chi connectivity index (χ0n) is 11.6. The van der Waals surface area contributed by atoms with Gasteiger partial charge in [0.1, 0.15) is 0 Å². The lowest BCUT2D eigenvalue weighted by atomic mass is 10.0. The van der Waals surface area contributed by atoms with Crippen LogP contribution in [0.1, 0.15) is 11.1 Å².